The van der Waals surface area contributed by atoms with E-state index in [4.69, 9.17) is 40.5 Å². The number of fused-ring (bicyclic) bond motifs is 2. The minimum atomic E-state index is -4.72. The maximum atomic E-state index is 10.7. The number of phosphoric acid groups is 2. The van der Waals surface area contributed by atoms with E-state index < -0.39 is 77.9 Å². The Morgan fingerprint density at radius 1 is 0.660 bits per heavy atom. The Hall–Kier alpha value is -2.80. The van der Waals surface area contributed by atoms with Crippen LogP contribution in [0.25, 0.3) is 22.3 Å². The molecule has 2 saturated heterocycles. The fraction of sp³-hybridized carbons (Fsp3) is 0.500. The number of nitrogens with two attached hydrogens (primary N) is 2. The zero-order chi connectivity index (χ0) is 33.6. The molecule has 6 heterocycles. The summed E-state index contributed by atoms with van der Waals surface area (Å²) in [5.41, 5.74) is 12.5. The van der Waals surface area contributed by atoms with Gasteiger partial charge in [-0.15, -0.1) is 0 Å². The van der Waals surface area contributed by atoms with Gasteiger partial charge in [0.1, 0.15) is 60.3 Å². The molecule has 6 rings (SSSR count). The van der Waals surface area contributed by atoms with Crippen LogP contribution >= 0.6 is 15.6 Å². The van der Waals surface area contributed by atoms with E-state index in [0.717, 1.165) is 0 Å². The number of rotatable bonds is 8. The Bertz CT molecular complexity index is 1660. The van der Waals surface area contributed by atoms with E-state index in [-0.39, 0.29) is 40.0 Å². The molecule has 12 N–H and O–H groups in total. The quantitative estimate of drug-likeness (QED) is 0.0611. The minimum absolute atomic E-state index is 0. The van der Waals surface area contributed by atoms with Gasteiger partial charge in [0.25, 0.3) is 0 Å². The van der Waals surface area contributed by atoms with Crippen LogP contribution in [-0.2, 0) is 44.7 Å². The molecule has 259 valence electrons. The third-order valence-corrected chi connectivity index (χ3v) is 7.78. The molecular formula is C20H28MnN10O14P2. The molecular weight excluding hydrogens is 721 g/mol. The van der Waals surface area contributed by atoms with Crippen molar-refractivity contribution in [2.45, 2.75) is 49.1 Å². The van der Waals surface area contributed by atoms with Crippen molar-refractivity contribution in [1.82, 2.24) is 39.0 Å². The summed E-state index contributed by atoms with van der Waals surface area (Å²) in [6.45, 7) is -1.19. The topological polar surface area (TPSA) is 372 Å². The Balaban J connectivity index is 0.000000208. The molecule has 2 aliphatic heterocycles. The number of nitrogens with zero attached hydrogens (tertiary/aromatic N) is 8. The molecule has 2 fully saturated rings. The SMILES string of the molecule is Nc1ncnc2c1ncn2[C@@H]1O[C@H](COP(=O)(O)O)C(O)[C@@H]1O.Nc1ncnc2c1ncn2[C@@H]1O[C@H](COP(=O)(O)O)[C@H](O)C1O.[Mn]. The number of aromatic nitrogens is 8. The summed E-state index contributed by atoms with van der Waals surface area (Å²) in [5.74, 6) is 0.284. The van der Waals surface area contributed by atoms with Gasteiger partial charge >= 0.3 is 15.6 Å². The maximum absolute atomic E-state index is 10.7. The van der Waals surface area contributed by atoms with Crippen LogP contribution in [0, 0.1) is 0 Å². The molecule has 4 aromatic rings. The second-order valence-corrected chi connectivity index (χ2v) is 12.3. The Morgan fingerprint density at radius 2 is 1.02 bits per heavy atom. The number of aliphatic hydroxyl groups is 4. The van der Waals surface area contributed by atoms with Crippen LogP contribution in [0.15, 0.2) is 25.3 Å². The largest absolute Gasteiger partial charge is 0.469 e. The first-order valence-electron chi connectivity index (χ1n) is 12.8. The fourth-order valence-corrected chi connectivity index (χ4v) is 5.33. The Kier molecular flexibility index (Phi) is 11.3. The van der Waals surface area contributed by atoms with Crippen molar-refractivity contribution in [3.05, 3.63) is 25.3 Å². The number of hydrogen-bond acceptors (Lipinski definition) is 18. The van der Waals surface area contributed by atoms with Gasteiger partial charge in [-0.2, -0.15) is 0 Å². The number of ether oxygens (including phenoxy) is 2. The average Bonchev–Trinajstić information content (AvgIpc) is 3.73. The maximum Gasteiger partial charge on any atom is 0.469 e. The molecule has 0 bridgehead atoms. The van der Waals surface area contributed by atoms with E-state index in [2.05, 4.69) is 39.0 Å². The summed E-state index contributed by atoms with van der Waals surface area (Å²) >= 11 is 0. The predicted octanol–water partition coefficient (Wildman–Crippen LogP) is -3.73. The zero-order valence-corrected chi connectivity index (χ0v) is 26.3. The summed E-state index contributed by atoms with van der Waals surface area (Å²) in [5, 5.41) is 40.1. The summed E-state index contributed by atoms with van der Waals surface area (Å²) in [6.07, 6.45) is -4.98. The molecule has 24 nitrogen and oxygen atoms in total. The van der Waals surface area contributed by atoms with Crippen molar-refractivity contribution < 1.29 is 84.7 Å². The summed E-state index contributed by atoms with van der Waals surface area (Å²) in [7, 11) is -9.44. The smallest absolute Gasteiger partial charge is 0.387 e. The van der Waals surface area contributed by atoms with Gasteiger partial charge in [0.15, 0.2) is 35.4 Å². The van der Waals surface area contributed by atoms with E-state index in [1.807, 2.05) is 0 Å². The van der Waals surface area contributed by atoms with E-state index in [1.165, 1.54) is 34.4 Å². The molecule has 2 aliphatic rings. The normalized spacial score (nSPS) is 27.9. The molecule has 47 heavy (non-hydrogen) atoms. The zero-order valence-electron chi connectivity index (χ0n) is 23.4. The van der Waals surface area contributed by atoms with Crippen molar-refractivity contribution in [2.24, 2.45) is 0 Å². The van der Waals surface area contributed by atoms with Gasteiger partial charge in [0, 0.05) is 17.1 Å². The molecule has 1 radical (unpaired) electrons. The Morgan fingerprint density at radius 3 is 1.36 bits per heavy atom. The van der Waals surface area contributed by atoms with Crippen molar-refractivity contribution in [2.75, 3.05) is 24.7 Å². The standard InChI is InChI=1S/2C10H14N5O7P.Mn/c2*11-8-5-9(13-2-12-8)15(3-14-5)10-7(17)6(16)4(22-10)1-21-23(18,19)20;/h2*2-4,6-7,10,16-17H,1H2,(H2,11,12,13)(H2,18,19,20);/t4-,6?,7+,10-;4-,6+,7?,10-;/m11./s1. The molecule has 8 atom stereocenters. The Labute approximate surface area is 272 Å². The second kappa shape index (κ2) is 14.4. The molecule has 0 spiro atoms. The van der Waals surface area contributed by atoms with Gasteiger partial charge in [-0.05, 0) is 0 Å². The van der Waals surface area contributed by atoms with Crippen LogP contribution in [0.2, 0.25) is 0 Å². The van der Waals surface area contributed by atoms with E-state index >= 15 is 0 Å². The molecule has 0 saturated carbocycles. The van der Waals surface area contributed by atoms with Gasteiger partial charge in [0.2, 0.25) is 0 Å². The third-order valence-electron chi connectivity index (χ3n) is 6.81. The summed E-state index contributed by atoms with van der Waals surface area (Å²) in [6, 6.07) is 0. The van der Waals surface area contributed by atoms with Crippen LogP contribution in [0.5, 0.6) is 0 Å². The van der Waals surface area contributed by atoms with Crippen molar-refractivity contribution in [3.63, 3.8) is 0 Å². The molecule has 0 amide bonds. The van der Waals surface area contributed by atoms with Crippen molar-refractivity contribution in [3.8, 4) is 0 Å². The van der Waals surface area contributed by atoms with E-state index in [9.17, 15) is 29.6 Å². The molecule has 4 aromatic heterocycles. The van der Waals surface area contributed by atoms with Gasteiger partial charge in [-0.1, -0.05) is 0 Å². The summed E-state index contributed by atoms with van der Waals surface area (Å²) in [4.78, 5) is 58.4. The van der Waals surface area contributed by atoms with Crippen LogP contribution in [0.1, 0.15) is 12.5 Å². The molecule has 27 heteroatoms. The first-order valence-corrected chi connectivity index (χ1v) is 15.9. The molecule has 0 aliphatic carbocycles. The second-order valence-electron chi connectivity index (χ2n) is 9.83. The fourth-order valence-electron chi connectivity index (χ4n) is 4.65. The van der Waals surface area contributed by atoms with Crippen molar-refractivity contribution in [1.29, 1.82) is 0 Å². The van der Waals surface area contributed by atoms with Crippen LogP contribution in [-0.4, -0.2) is 129 Å². The average molecular weight is 749 g/mol. The van der Waals surface area contributed by atoms with Crippen LogP contribution in [0.4, 0.5) is 11.6 Å². The monoisotopic (exact) mass is 749 g/mol. The number of aliphatic hydroxyl groups excluding tert-OH is 4. The van der Waals surface area contributed by atoms with Crippen molar-refractivity contribution >= 4 is 49.6 Å². The first kappa shape index (κ1) is 37.0. The van der Waals surface area contributed by atoms with Crippen LogP contribution in [0.3, 0.4) is 0 Å². The number of nitrogen functional groups attached to an aromatic ring is 2. The molecule has 0 aromatic carbocycles. The van der Waals surface area contributed by atoms with Crippen LogP contribution < -0.4 is 11.5 Å². The van der Waals surface area contributed by atoms with E-state index in [0.29, 0.717) is 11.0 Å². The number of imidazole rings is 2. The van der Waals surface area contributed by atoms with Gasteiger partial charge in [-0.3, -0.25) is 18.2 Å². The number of hydrogen-bond donors (Lipinski definition) is 10. The summed E-state index contributed by atoms with van der Waals surface area (Å²) < 4.78 is 43.6. The third kappa shape index (κ3) is 8.09. The van der Waals surface area contributed by atoms with E-state index in [1.54, 1.807) is 0 Å². The van der Waals surface area contributed by atoms with Gasteiger partial charge < -0.3 is 60.9 Å². The number of phosphoric ester groups is 2. The first-order chi connectivity index (χ1) is 21.6. The number of anilines is 2. The van der Waals surface area contributed by atoms with Gasteiger partial charge in [-0.25, -0.2) is 39.0 Å². The predicted molar refractivity (Wildman–Crippen MR) is 147 cm³/mol. The minimum Gasteiger partial charge on any atom is -0.387 e. The van der Waals surface area contributed by atoms with Gasteiger partial charge in [0.05, 0.1) is 25.9 Å². The molecule has 2 unspecified atom stereocenters.